The van der Waals surface area contributed by atoms with E-state index < -0.39 is 12.6 Å². The molecule has 1 rings (SSSR count). The third kappa shape index (κ3) is 5.40. The van der Waals surface area contributed by atoms with Crippen molar-refractivity contribution in [3.63, 3.8) is 0 Å². The lowest BCUT2D eigenvalue weighted by molar-refractivity contribution is -0.133. The molecule has 5 heteroatoms. The van der Waals surface area contributed by atoms with Gasteiger partial charge in [0.1, 0.15) is 0 Å². The molecular formula is C12H19F3N2. The number of nitriles is 1. The van der Waals surface area contributed by atoms with Crippen LogP contribution in [0.3, 0.4) is 0 Å². The van der Waals surface area contributed by atoms with Gasteiger partial charge in [0.05, 0.1) is 12.5 Å². The zero-order chi connectivity index (χ0) is 12.9. The molecule has 1 fully saturated rings. The molecule has 0 saturated heterocycles. The average Bonchev–Trinajstić information content (AvgIpc) is 2.20. The van der Waals surface area contributed by atoms with Crippen LogP contribution >= 0.6 is 0 Å². The molecule has 0 aromatic carbocycles. The Morgan fingerprint density at radius 3 is 2.41 bits per heavy atom. The predicted octanol–water partition coefficient (Wildman–Crippen LogP) is 3.39. The molecule has 2 nitrogen and oxygen atoms in total. The highest BCUT2D eigenvalue weighted by atomic mass is 19.4. The van der Waals surface area contributed by atoms with Crippen molar-refractivity contribution in [3.05, 3.63) is 0 Å². The van der Waals surface area contributed by atoms with Crippen molar-refractivity contribution in [2.45, 2.75) is 57.7 Å². The van der Waals surface area contributed by atoms with Crippen molar-refractivity contribution in [1.82, 2.24) is 5.32 Å². The quantitative estimate of drug-likeness (QED) is 0.827. The molecule has 0 spiro atoms. The van der Waals surface area contributed by atoms with E-state index in [1.807, 2.05) is 0 Å². The van der Waals surface area contributed by atoms with Gasteiger partial charge in [0.25, 0.3) is 0 Å². The monoisotopic (exact) mass is 248 g/mol. The van der Waals surface area contributed by atoms with Gasteiger partial charge in [-0.15, -0.1) is 0 Å². The van der Waals surface area contributed by atoms with Crippen molar-refractivity contribution >= 4 is 0 Å². The highest BCUT2D eigenvalue weighted by Crippen LogP contribution is 2.38. The van der Waals surface area contributed by atoms with Gasteiger partial charge in [-0.05, 0) is 31.1 Å². The summed E-state index contributed by atoms with van der Waals surface area (Å²) in [5.41, 5.74) is 0.0664. The van der Waals surface area contributed by atoms with E-state index in [4.69, 9.17) is 5.26 Å². The standard InChI is InChI=1S/C12H19F3N2/c1-11(6-8-16)4-2-10(3-5-11)17-9-7-12(13,14)15/h10,17H,2-7,9H2,1H3. The minimum atomic E-state index is -4.07. The van der Waals surface area contributed by atoms with Gasteiger partial charge in [-0.3, -0.25) is 0 Å². The number of nitrogens with one attached hydrogen (secondary N) is 1. The molecule has 0 radical (unpaired) electrons. The second-order valence-electron chi connectivity index (χ2n) is 5.24. The van der Waals surface area contributed by atoms with E-state index in [1.54, 1.807) is 0 Å². The summed E-state index contributed by atoms with van der Waals surface area (Å²) in [7, 11) is 0. The molecule has 98 valence electrons. The Hall–Kier alpha value is -0.760. The third-order valence-corrected chi connectivity index (χ3v) is 3.54. The maximum atomic E-state index is 12.0. The van der Waals surface area contributed by atoms with Crippen LogP contribution in [0.15, 0.2) is 0 Å². The number of halogens is 3. The van der Waals surface area contributed by atoms with Gasteiger partial charge in [0.2, 0.25) is 0 Å². The summed E-state index contributed by atoms with van der Waals surface area (Å²) in [6.07, 6.45) is -0.710. The first kappa shape index (κ1) is 14.3. The summed E-state index contributed by atoms with van der Waals surface area (Å²) in [5, 5.41) is 11.6. The van der Waals surface area contributed by atoms with Crippen LogP contribution < -0.4 is 5.32 Å². The number of rotatable bonds is 4. The summed E-state index contributed by atoms with van der Waals surface area (Å²) in [6, 6.07) is 2.37. The normalized spacial score (nSPS) is 29.9. The Labute approximate surface area is 100 Å². The van der Waals surface area contributed by atoms with Gasteiger partial charge in [0.15, 0.2) is 0 Å². The zero-order valence-corrected chi connectivity index (χ0v) is 10.1. The first-order valence-corrected chi connectivity index (χ1v) is 6.02. The highest BCUT2D eigenvalue weighted by Gasteiger charge is 2.31. The van der Waals surface area contributed by atoms with Gasteiger partial charge in [-0.2, -0.15) is 18.4 Å². The lowest BCUT2D eigenvalue weighted by atomic mass is 9.72. The first-order valence-electron chi connectivity index (χ1n) is 6.02. The average molecular weight is 248 g/mol. The van der Waals surface area contributed by atoms with Crippen LogP contribution in [-0.4, -0.2) is 18.8 Å². The Morgan fingerprint density at radius 1 is 1.35 bits per heavy atom. The lowest BCUT2D eigenvalue weighted by Crippen LogP contribution is -2.38. The molecule has 0 aromatic rings. The molecule has 0 atom stereocenters. The molecular weight excluding hydrogens is 229 g/mol. The van der Waals surface area contributed by atoms with E-state index in [-0.39, 0.29) is 18.0 Å². The second kappa shape index (κ2) is 5.72. The first-order chi connectivity index (χ1) is 7.85. The Balaban J connectivity index is 2.22. The Kier molecular flexibility index (Phi) is 4.81. The smallest absolute Gasteiger partial charge is 0.314 e. The van der Waals surface area contributed by atoms with Crippen molar-refractivity contribution in [1.29, 1.82) is 5.26 Å². The van der Waals surface area contributed by atoms with Gasteiger partial charge in [-0.1, -0.05) is 6.92 Å². The SMILES string of the molecule is CC1(CC#N)CCC(NCCC(F)(F)F)CC1. The minimum absolute atomic E-state index is 0.00311. The summed E-state index contributed by atoms with van der Waals surface area (Å²) < 4.78 is 35.9. The summed E-state index contributed by atoms with van der Waals surface area (Å²) in [5.74, 6) is 0. The summed E-state index contributed by atoms with van der Waals surface area (Å²) in [6.45, 7) is 2.09. The fraction of sp³-hybridized carbons (Fsp3) is 0.917. The predicted molar refractivity (Wildman–Crippen MR) is 59.3 cm³/mol. The number of hydrogen-bond acceptors (Lipinski definition) is 2. The van der Waals surface area contributed by atoms with E-state index in [0.717, 1.165) is 25.7 Å². The van der Waals surface area contributed by atoms with E-state index in [9.17, 15) is 13.2 Å². The van der Waals surface area contributed by atoms with Crippen molar-refractivity contribution < 1.29 is 13.2 Å². The molecule has 0 amide bonds. The molecule has 1 N–H and O–H groups in total. The molecule has 0 bridgehead atoms. The fourth-order valence-corrected chi connectivity index (χ4v) is 2.30. The van der Waals surface area contributed by atoms with E-state index in [0.29, 0.717) is 6.42 Å². The van der Waals surface area contributed by atoms with E-state index >= 15 is 0 Å². The highest BCUT2D eigenvalue weighted by molar-refractivity contribution is 4.91. The van der Waals surface area contributed by atoms with Gasteiger partial charge >= 0.3 is 6.18 Å². The Bertz CT molecular complexity index is 272. The number of hydrogen-bond donors (Lipinski definition) is 1. The lowest BCUT2D eigenvalue weighted by Gasteiger charge is -2.36. The van der Waals surface area contributed by atoms with Crippen molar-refractivity contribution in [2.75, 3.05) is 6.54 Å². The Morgan fingerprint density at radius 2 is 1.94 bits per heavy atom. The minimum Gasteiger partial charge on any atom is -0.314 e. The van der Waals surface area contributed by atoms with Crippen LogP contribution in [0.4, 0.5) is 13.2 Å². The fourth-order valence-electron chi connectivity index (χ4n) is 2.30. The van der Waals surface area contributed by atoms with Crippen molar-refractivity contribution in [2.24, 2.45) is 5.41 Å². The molecule has 0 aromatic heterocycles. The zero-order valence-electron chi connectivity index (χ0n) is 10.1. The van der Waals surface area contributed by atoms with Gasteiger partial charge < -0.3 is 5.32 Å². The van der Waals surface area contributed by atoms with Crippen LogP contribution in [0.25, 0.3) is 0 Å². The summed E-state index contributed by atoms with van der Waals surface area (Å²) in [4.78, 5) is 0. The third-order valence-electron chi connectivity index (χ3n) is 3.54. The van der Waals surface area contributed by atoms with Crippen molar-refractivity contribution in [3.8, 4) is 6.07 Å². The van der Waals surface area contributed by atoms with Crippen LogP contribution in [-0.2, 0) is 0 Å². The van der Waals surface area contributed by atoms with E-state index in [2.05, 4.69) is 18.3 Å². The maximum absolute atomic E-state index is 12.0. The number of nitrogens with zero attached hydrogens (tertiary/aromatic N) is 1. The maximum Gasteiger partial charge on any atom is 0.390 e. The molecule has 1 aliphatic carbocycles. The summed E-state index contributed by atoms with van der Waals surface area (Å²) >= 11 is 0. The number of alkyl halides is 3. The molecule has 0 unspecified atom stereocenters. The second-order valence-corrected chi connectivity index (χ2v) is 5.24. The molecule has 0 heterocycles. The molecule has 1 saturated carbocycles. The van der Waals surface area contributed by atoms with Crippen LogP contribution in [0.2, 0.25) is 0 Å². The topological polar surface area (TPSA) is 35.8 Å². The van der Waals surface area contributed by atoms with Gasteiger partial charge in [-0.25, -0.2) is 0 Å². The largest absolute Gasteiger partial charge is 0.390 e. The van der Waals surface area contributed by atoms with E-state index in [1.165, 1.54) is 0 Å². The van der Waals surface area contributed by atoms with Crippen LogP contribution in [0.1, 0.15) is 45.4 Å². The van der Waals surface area contributed by atoms with Crippen LogP contribution in [0.5, 0.6) is 0 Å². The van der Waals surface area contributed by atoms with Gasteiger partial charge in [0, 0.05) is 19.0 Å². The molecule has 17 heavy (non-hydrogen) atoms. The molecule has 0 aliphatic heterocycles. The van der Waals surface area contributed by atoms with Crippen LogP contribution in [0, 0.1) is 16.7 Å². The molecule has 1 aliphatic rings.